The molecule has 1 heterocycles. The van der Waals surface area contributed by atoms with Crippen LogP contribution in [0, 0.1) is 5.92 Å². The number of benzene rings is 1. The Hall–Kier alpha value is -1.32. The minimum absolute atomic E-state index is 0.690. The van der Waals surface area contributed by atoms with Gasteiger partial charge in [-0.05, 0) is 52.4 Å². The molecule has 0 aliphatic heterocycles. The van der Waals surface area contributed by atoms with E-state index in [2.05, 4.69) is 60.3 Å². The molecule has 1 aromatic carbocycles. The van der Waals surface area contributed by atoms with E-state index in [-0.39, 0.29) is 0 Å². The van der Waals surface area contributed by atoms with Gasteiger partial charge in [0, 0.05) is 13.1 Å². The van der Waals surface area contributed by atoms with Gasteiger partial charge in [0.15, 0.2) is 0 Å². The van der Waals surface area contributed by atoms with Gasteiger partial charge in [-0.15, -0.1) is 0 Å². The van der Waals surface area contributed by atoms with Crippen LogP contribution in [-0.2, 0) is 13.1 Å². The summed E-state index contributed by atoms with van der Waals surface area (Å²) < 4.78 is 5.72. The van der Waals surface area contributed by atoms with Gasteiger partial charge in [0.05, 0.1) is 6.61 Å². The third-order valence-electron chi connectivity index (χ3n) is 3.13. The van der Waals surface area contributed by atoms with E-state index in [0.717, 1.165) is 31.9 Å². The summed E-state index contributed by atoms with van der Waals surface area (Å²) in [7, 11) is 0. The van der Waals surface area contributed by atoms with Crippen molar-refractivity contribution in [3.05, 3.63) is 52.2 Å². The van der Waals surface area contributed by atoms with E-state index in [9.17, 15) is 0 Å². The van der Waals surface area contributed by atoms with E-state index >= 15 is 0 Å². The van der Waals surface area contributed by atoms with Crippen LogP contribution in [0.4, 0.5) is 0 Å². The maximum absolute atomic E-state index is 5.72. The van der Waals surface area contributed by atoms with Crippen molar-refractivity contribution < 1.29 is 4.74 Å². The quantitative estimate of drug-likeness (QED) is 0.774. The molecule has 2 aromatic rings. The van der Waals surface area contributed by atoms with Crippen molar-refractivity contribution in [1.82, 2.24) is 5.32 Å². The lowest BCUT2D eigenvalue weighted by molar-refractivity contribution is 0.289. The molecule has 0 saturated carbocycles. The maximum Gasteiger partial charge on any atom is 0.119 e. The van der Waals surface area contributed by atoms with Crippen molar-refractivity contribution in [1.29, 1.82) is 0 Å². The topological polar surface area (TPSA) is 21.3 Å². The van der Waals surface area contributed by atoms with Gasteiger partial charge in [0.25, 0.3) is 0 Å². The summed E-state index contributed by atoms with van der Waals surface area (Å²) >= 11 is 1.74. The fraction of sp³-hybridized carbons (Fsp3) is 0.412. The molecule has 108 valence electrons. The molecule has 0 saturated heterocycles. The van der Waals surface area contributed by atoms with E-state index in [1.807, 2.05) is 0 Å². The molecule has 0 unspecified atom stereocenters. The number of hydrogen-bond donors (Lipinski definition) is 1. The molecule has 3 heteroatoms. The minimum Gasteiger partial charge on any atom is -0.494 e. The smallest absolute Gasteiger partial charge is 0.119 e. The lowest BCUT2D eigenvalue weighted by Gasteiger charge is -2.09. The van der Waals surface area contributed by atoms with E-state index in [1.165, 1.54) is 11.1 Å². The molecule has 0 aliphatic rings. The molecule has 0 amide bonds. The van der Waals surface area contributed by atoms with Gasteiger partial charge < -0.3 is 10.1 Å². The summed E-state index contributed by atoms with van der Waals surface area (Å²) in [5, 5.41) is 7.74. The van der Waals surface area contributed by atoms with Gasteiger partial charge in [-0.1, -0.05) is 26.0 Å². The average molecular weight is 289 g/mol. The molecule has 2 rings (SSSR count). The van der Waals surface area contributed by atoms with Gasteiger partial charge in [0.2, 0.25) is 0 Å². The molecule has 1 aromatic heterocycles. The second-order valence-corrected chi connectivity index (χ2v) is 6.19. The maximum atomic E-state index is 5.72. The summed E-state index contributed by atoms with van der Waals surface area (Å²) in [4.78, 5) is 0. The molecule has 2 nitrogen and oxygen atoms in total. The van der Waals surface area contributed by atoms with Crippen LogP contribution in [0.15, 0.2) is 41.1 Å². The minimum atomic E-state index is 0.690. The second-order valence-electron chi connectivity index (χ2n) is 5.41. The molecule has 0 spiro atoms. The van der Waals surface area contributed by atoms with Crippen LogP contribution < -0.4 is 10.1 Å². The highest BCUT2D eigenvalue weighted by Gasteiger charge is 1.98. The second kappa shape index (κ2) is 8.08. The predicted molar refractivity (Wildman–Crippen MR) is 86.3 cm³/mol. The summed E-state index contributed by atoms with van der Waals surface area (Å²) in [6, 6.07) is 10.5. The van der Waals surface area contributed by atoms with Crippen LogP contribution >= 0.6 is 11.3 Å². The Morgan fingerprint density at radius 1 is 1.05 bits per heavy atom. The summed E-state index contributed by atoms with van der Waals surface area (Å²) in [5.74, 6) is 1.66. The fourth-order valence-electron chi connectivity index (χ4n) is 1.86. The Morgan fingerprint density at radius 3 is 2.45 bits per heavy atom. The molecule has 0 atom stereocenters. The molecule has 0 bridgehead atoms. The Kier molecular flexibility index (Phi) is 6.09. The first kappa shape index (κ1) is 15.1. The van der Waals surface area contributed by atoms with Crippen molar-refractivity contribution >= 4 is 11.3 Å². The molecule has 0 aliphatic carbocycles. The fourth-order valence-corrected chi connectivity index (χ4v) is 2.53. The van der Waals surface area contributed by atoms with Gasteiger partial charge in [-0.25, -0.2) is 0 Å². The summed E-state index contributed by atoms with van der Waals surface area (Å²) in [5.41, 5.74) is 2.64. The molecule has 20 heavy (non-hydrogen) atoms. The average Bonchev–Trinajstić information content (AvgIpc) is 2.93. The van der Waals surface area contributed by atoms with Crippen LogP contribution in [0.2, 0.25) is 0 Å². The third-order valence-corrected chi connectivity index (χ3v) is 3.86. The highest BCUT2D eigenvalue weighted by Crippen LogP contribution is 2.13. The Balaban J connectivity index is 1.71. The van der Waals surface area contributed by atoms with Crippen molar-refractivity contribution in [3.8, 4) is 5.75 Å². The predicted octanol–water partition coefficient (Wildman–Crippen LogP) is 4.46. The number of hydrogen-bond acceptors (Lipinski definition) is 3. The first-order chi connectivity index (χ1) is 9.74. The first-order valence-electron chi connectivity index (χ1n) is 7.17. The Morgan fingerprint density at radius 2 is 1.80 bits per heavy atom. The SMILES string of the molecule is CC(C)CCOc1ccc(CNCc2ccsc2)cc1. The van der Waals surface area contributed by atoms with Gasteiger partial charge in [-0.3, -0.25) is 0 Å². The van der Waals surface area contributed by atoms with Crippen LogP contribution in [0.1, 0.15) is 31.4 Å². The number of rotatable bonds is 8. The number of thiophene rings is 1. The zero-order valence-corrected chi connectivity index (χ0v) is 13.1. The van der Waals surface area contributed by atoms with Gasteiger partial charge in [-0.2, -0.15) is 11.3 Å². The Labute approximate surface area is 125 Å². The molecular formula is C17H23NOS. The van der Waals surface area contributed by atoms with Crippen molar-refractivity contribution in [3.63, 3.8) is 0 Å². The molecule has 1 N–H and O–H groups in total. The zero-order chi connectivity index (χ0) is 14.2. The van der Waals surface area contributed by atoms with E-state index in [1.54, 1.807) is 11.3 Å². The van der Waals surface area contributed by atoms with Crippen LogP contribution in [0.3, 0.4) is 0 Å². The Bertz CT molecular complexity index is 476. The van der Waals surface area contributed by atoms with E-state index in [0.29, 0.717) is 5.92 Å². The number of ether oxygens (including phenoxy) is 1. The van der Waals surface area contributed by atoms with Crippen LogP contribution in [-0.4, -0.2) is 6.61 Å². The lowest BCUT2D eigenvalue weighted by atomic mass is 10.1. The number of nitrogens with one attached hydrogen (secondary N) is 1. The zero-order valence-electron chi connectivity index (χ0n) is 12.3. The van der Waals surface area contributed by atoms with Crippen LogP contribution in [0.5, 0.6) is 5.75 Å². The monoisotopic (exact) mass is 289 g/mol. The van der Waals surface area contributed by atoms with Gasteiger partial charge >= 0.3 is 0 Å². The first-order valence-corrected chi connectivity index (χ1v) is 8.12. The van der Waals surface area contributed by atoms with Crippen molar-refractivity contribution in [2.75, 3.05) is 6.61 Å². The van der Waals surface area contributed by atoms with Gasteiger partial charge in [0.1, 0.15) is 5.75 Å². The van der Waals surface area contributed by atoms with Crippen molar-refractivity contribution in [2.45, 2.75) is 33.4 Å². The van der Waals surface area contributed by atoms with E-state index < -0.39 is 0 Å². The normalized spacial score (nSPS) is 10.9. The summed E-state index contributed by atoms with van der Waals surface area (Å²) in [6.45, 7) is 7.04. The highest BCUT2D eigenvalue weighted by molar-refractivity contribution is 7.07. The van der Waals surface area contributed by atoms with E-state index in [4.69, 9.17) is 4.74 Å². The molecule has 0 radical (unpaired) electrons. The molecular weight excluding hydrogens is 266 g/mol. The highest BCUT2D eigenvalue weighted by atomic mass is 32.1. The van der Waals surface area contributed by atoms with Crippen LogP contribution in [0.25, 0.3) is 0 Å². The standard InChI is InChI=1S/C17H23NOS/c1-14(2)7-9-19-17-5-3-15(4-6-17)11-18-12-16-8-10-20-13-16/h3-6,8,10,13-14,18H,7,9,11-12H2,1-2H3. The third kappa shape index (κ3) is 5.35. The molecule has 0 fully saturated rings. The van der Waals surface area contributed by atoms with Crippen molar-refractivity contribution in [2.24, 2.45) is 5.92 Å². The largest absolute Gasteiger partial charge is 0.494 e. The summed E-state index contributed by atoms with van der Waals surface area (Å²) in [6.07, 6.45) is 1.10. The lowest BCUT2D eigenvalue weighted by Crippen LogP contribution is -2.12.